The van der Waals surface area contributed by atoms with Gasteiger partial charge in [-0.1, -0.05) is 0 Å². The van der Waals surface area contributed by atoms with Crippen LogP contribution in [0.3, 0.4) is 0 Å². The lowest BCUT2D eigenvalue weighted by molar-refractivity contribution is 0.599. The van der Waals surface area contributed by atoms with Crippen molar-refractivity contribution < 1.29 is 8.42 Å². The van der Waals surface area contributed by atoms with Gasteiger partial charge in [0.15, 0.2) is 0 Å². The van der Waals surface area contributed by atoms with Gasteiger partial charge in [0.1, 0.15) is 4.90 Å². The van der Waals surface area contributed by atoms with Crippen molar-refractivity contribution in [1.29, 1.82) is 0 Å². The first kappa shape index (κ1) is 12.5. The molecular weight excluding hydrogens is 254 g/mol. The molecule has 0 spiro atoms. The van der Waals surface area contributed by atoms with E-state index in [4.69, 9.17) is 0 Å². The topological polar surface area (TPSA) is 89.8 Å². The van der Waals surface area contributed by atoms with Crippen molar-refractivity contribution in [2.75, 3.05) is 4.72 Å². The van der Waals surface area contributed by atoms with Crippen molar-refractivity contribution in [3.63, 3.8) is 0 Å². The highest BCUT2D eigenvalue weighted by atomic mass is 32.2. The molecule has 0 fully saturated rings. The van der Waals surface area contributed by atoms with Crippen LogP contribution < -0.4 is 4.72 Å². The highest BCUT2D eigenvalue weighted by molar-refractivity contribution is 7.92. The largest absolute Gasteiger partial charge is 0.272 e. The average Bonchev–Trinajstić information content (AvgIpc) is 2.59. The average molecular weight is 267 g/mol. The predicted octanol–water partition coefficient (Wildman–Crippen LogP) is 0.628. The van der Waals surface area contributed by atoms with Gasteiger partial charge in [-0.2, -0.15) is 5.10 Å². The summed E-state index contributed by atoms with van der Waals surface area (Å²) in [5.74, 6) is 0.0539. The molecule has 7 nitrogen and oxygen atoms in total. The van der Waals surface area contributed by atoms with Crippen LogP contribution in [-0.4, -0.2) is 28.2 Å². The number of nitrogens with one attached hydrogen (secondary N) is 1. The first-order chi connectivity index (χ1) is 8.40. The van der Waals surface area contributed by atoms with Gasteiger partial charge in [-0.05, 0) is 19.9 Å². The summed E-state index contributed by atoms with van der Waals surface area (Å²) in [6.07, 6.45) is 2.80. The number of anilines is 1. The summed E-state index contributed by atoms with van der Waals surface area (Å²) in [7, 11) is -2.02. The van der Waals surface area contributed by atoms with E-state index in [-0.39, 0.29) is 10.8 Å². The lowest BCUT2D eigenvalue weighted by atomic mass is 10.5. The Morgan fingerprint density at radius 3 is 2.61 bits per heavy atom. The maximum absolute atomic E-state index is 12.1. The van der Waals surface area contributed by atoms with E-state index in [1.54, 1.807) is 27.0 Å². The Bertz CT molecular complexity index is 677. The molecule has 0 aliphatic carbocycles. The van der Waals surface area contributed by atoms with Gasteiger partial charge in [-0.15, -0.1) is 0 Å². The van der Waals surface area contributed by atoms with Crippen LogP contribution in [0, 0.1) is 13.8 Å². The van der Waals surface area contributed by atoms with Crippen molar-refractivity contribution >= 4 is 16.0 Å². The molecule has 0 atom stereocenters. The minimum atomic E-state index is -3.70. The molecule has 2 heterocycles. The van der Waals surface area contributed by atoms with E-state index < -0.39 is 10.0 Å². The van der Waals surface area contributed by atoms with E-state index >= 15 is 0 Å². The number of aryl methyl sites for hydroxylation is 2. The minimum Gasteiger partial charge on any atom is -0.272 e. The van der Waals surface area contributed by atoms with Crippen molar-refractivity contribution in [1.82, 2.24) is 19.7 Å². The molecule has 0 aliphatic heterocycles. The molecule has 0 saturated heterocycles. The molecule has 0 radical (unpaired) electrons. The summed E-state index contributed by atoms with van der Waals surface area (Å²) in [4.78, 5) is 7.97. The Kier molecular flexibility index (Phi) is 3.04. The van der Waals surface area contributed by atoms with Crippen LogP contribution in [0.25, 0.3) is 0 Å². The predicted molar refractivity (Wildman–Crippen MR) is 65.5 cm³/mol. The lowest BCUT2D eigenvalue weighted by Gasteiger charge is -2.06. The number of aromatic nitrogens is 4. The Balaban J connectivity index is 2.36. The molecule has 18 heavy (non-hydrogen) atoms. The summed E-state index contributed by atoms with van der Waals surface area (Å²) < 4.78 is 28.0. The third-order valence-electron chi connectivity index (χ3n) is 2.50. The zero-order chi connectivity index (χ0) is 13.3. The molecule has 0 unspecified atom stereocenters. The molecule has 0 saturated carbocycles. The first-order valence-corrected chi connectivity index (χ1v) is 6.69. The van der Waals surface area contributed by atoms with E-state index in [1.165, 1.54) is 17.1 Å². The van der Waals surface area contributed by atoms with Gasteiger partial charge >= 0.3 is 0 Å². The van der Waals surface area contributed by atoms with Crippen LogP contribution in [0.2, 0.25) is 0 Å². The molecule has 0 aliphatic rings. The van der Waals surface area contributed by atoms with Crippen LogP contribution >= 0.6 is 0 Å². The first-order valence-electron chi connectivity index (χ1n) is 5.21. The molecule has 0 bridgehead atoms. The maximum Gasteiger partial charge on any atom is 0.267 e. The number of nitrogens with zero attached hydrogens (tertiary/aromatic N) is 4. The molecule has 0 amide bonds. The van der Waals surface area contributed by atoms with Crippen LogP contribution in [0.15, 0.2) is 23.4 Å². The van der Waals surface area contributed by atoms with Crippen LogP contribution in [0.5, 0.6) is 0 Å². The van der Waals surface area contributed by atoms with E-state index in [9.17, 15) is 8.42 Å². The fraction of sp³-hybridized carbons (Fsp3) is 0.300. The standard InChI is InChI=1S/C10H13N5O2S/c1-7-4-5-11-10(13-7)14-18(16,17)9-6-12-15(3)8(9)2/h4-6H,1-3H3,(H,11,13,14). The maximum atomic E-state index is 12.1. The molecule has 2 aromatic heterocycles. The normalized spacial score (nSPS) is 11.5. The highest BCUT2D eigenvalue weighted by Crippen LogP contribution is 2.16. The van der Waals surface area contributed by atoms with Gasteiger partial charge in [-0.25, -0.2) is 23.1 Å². The summed E-state index contributed by atoms with van der Waals surface area (Å²) in [5, 5.41) is 3.90. The van der Waals surface area contributed by atoms with Gasteiger partial charge in [0.2, 0.25) is 5.95 Å². The molecule has 1 N–H and O–H groups in total. The summed E-state index contributed by atoms with van der Waals surface area (Å²) >= 11 is 0. The molecule has 2 aromatic rings. The zero-order valence-electron chi connectivity index (χ0n) is 10.2. The van der Waals surface area contributed by atoms with Gasteiger partial charge < -0.3 is 0 Å². The van der Waals surface area contributed by atoms with Crippen molar-refractivity contribution in [2.45, 2.75) is 18.7 Å². The molecule has 96 valence electrons. The van der Waals surface area contributed by atoms with Crippen molar-refractivity contribution in [2.24, 2.45) is 7.05 Å². The van der Waals surface area contributed by atoms with Gasteiger partial charge in [0.05, 0.1) is 11.9 Å². The van der Waals surface area contributed by atoms with Crippen LogP contribution in [0.1, 0.15) is 11.4 Å². The summed E-state index contributed by atoms with van der Waals surface area (Å²) in [5.41, 5.74) is 1.24. The fourth-order valence-electron chi connectivity index (χ4n) is 1.42. The Morgan fingerprint density at radius 1 is 1.33 bits per heavy atom. The minimum absolute atomic E-state index is 0.0539. The second-order valence-corrected chi connectivity index (χ2v) is 5.50. The van der Waals surface area contributed by atoms with Gasteiger partial charge in [-0.3, -0.25) is 4.68 Å². The second kappa shape index (κ2) is 4.37. The quantitative estimate of drug-likeness (QED) is 0.880. The summed E-state index contributed by atoms with van der Waals surface area (Å²) in [6.45, 7) is 3.44. The lowest BCUT2D eigenvalue weighted by Crippen LogP contribution is -2.16. The van der Waals surface area contributed by atoms with E-state index in [2.05, 4.69) is 19.8 Å². The Labute approximate surface area is 105 Å². The third-order valence-corrected chi connectivity index (χ3v) is 3.93. The smallest absolute Gasteiger partial charge is 0.267 e. The number of rotatable bonds is 3. The Morgan fingerprint density at radius 2 is 2.06 bits per heavy atom. The third kappa shape index (κ3) is 2.33. The van der Waals surface area contributed by atoms with Crippen molar-refractivity contribution in [3.05, 3.63) is 29.8 Å². The second-order valence-electron chi connectivity index (χ2n) is 3.84. The fourth-order valence-corrected chi connectivity index (χ4v) is 2.57. The Hall–Kier alpha value is -1.96. The van der Waals surface area contributed by atoms with Gasteiger partial charge in [0.25, 0.3) is 10.0 Å². The molecule has 0 aromatic carbocycles. The van der Waals surface area contributed by atoms with E-state index in [1.807, 2.05) is 0 Å². The highest BCUT2D eigenvalue weighted by Gasteiger charge is 2.21. The molecule has 2 rings (SSSR count). The van der Waals surface area contributed by atoms with Crippen LogP contribution in [-0.2, 0) is 17.1 Å². The van der Waals surface area contributed by atoms with Crippen molar-refractivity contribution in [3.8, 4) is 0 Å². The number of hydrogen-bond donors (Lipinski definition) is 1. The zero-order valence-corrected chi connectivity index (χ0v) is 11.1. The SMILES string of the molecule is Cc1ccnc(NS(=O)(=O)c2cnn(C)c2C)n1. The number of sulfonamides is 1. The van der Waals surface area contributed by atoms with E-state index in [0.717, 1.165) is 0 Å². The monoisotopic (exact) mass is 267 g/mol. The van der Waals surface area contributed by atoms with E-state index in [0.29, 0.717) is 11.4 Å². The number of hydrogen-bond acceptors (Lipinski definition) is 5. The molecule has 8 heteroatoms. The van der Waals surface area contributed by atoms with Crippen LogP contribution in [0.4, 0.5) is 5.95 Å². The summed E-state index contributed by atoms with van der Waals surface area (Å²) in [6, 6.07) is 1.69. The van der Waals surface area contributed by atoms with Gasteiger partial charge in [0, 0.05) is 18.9 Å². The molecular formula is C10H13N5O2S.